The molecule has 0 saturated heterocycles. The third kappa shape index (κ3) is 2.48. The Morgan fingerprint density at radius 3 is 2.55 bits per heavy atom. The predicted octanol–water partition coefficient (Wildman–Crippen LogP) is 2.42. The summed E-state index contributed by atoms with van der Waals surface area (Å²) < 4.78 is 0. The van der Waals surface area contributed by atoms with E-state index in [4.69, 9.17) is 0 Å². The van der Waals surface area contributed by atoms with Gasteiger partial charge < -0.3 is 5.32 Å². The Kier molecular flexibility index (Phi) is 3.92. The van der Waals surface area contributed by atoms with Gasteiger partial charge in [0.25, 0.3) is 0 Å². The average molecular weight is 155 g/mol. The monoisotopic (exact) mass is 155 g/mol. The summed E-state index contributed by atoms with van der Waals surface area (Å²) in [7, 11) is 2.05. The van der Waals surface area contributed by atoms with Crippen molar-refractivity contribution in [1.29, 1.82) is 0 Å². The molecule has 1 N–H and O–H groups in total. The van der Waals surface area contributed by atoms with E-state index in [1.165, 1.54) is 38.6 Å². The lowest BCUT2D eigenvalue weighted by Crippen LogP contribution is -2.24. The Labute approximate surface area is 70.6 Å². The number of hydrogen-bond acceptors (Lipinski definition) is 1. The van der Waals surface area contributed by atoms with Gasteiger partial charge in [-0.05, 0) is 31.8 Å². The summed E-state index contributed by atoms with van der Waals surface area (Å²) in [6.07, 6.45) is 7.26. The van der Waals surface area contributed by atoms with Gasteiger partial charge in [-0.15, -0.1) is 0 Å². The van der Waals surface area contributed by atoms with E-state index in [1.807, 2.05) is 7.05 Å². The molecule has 0 amide bonds. The Morgan fingerprint density at radius 1 is 1.45 bits per heavy atom. The molecule has 0 spiro atoms. The fourth-order valence-corrected chi connectivity index (χ4v) is 2.01. The van der Waals surface area contributed by atoms with Crippen LogP contribution in [0.3, 0.4) is 0 Å². The Morgan fingerprint density at radius 2 is 2.18 bits per heavy atom. The highest BCUT2D eigenvalue weighted by Crippen LogP contribution is 2.36. The maximum Gasteiger partial charge on any atom is -0.00492 e. The number of rotatable bonds is 5. The molecule has 0 aromatic heterocycles. The van der Waals surface area contributed by atoms with Gasteiger partial charge in [-0.3, -0.25) is 0 Å². The zero-order valence-corrected chi connectivity index (χ0v) is 7.90. The molecule has 0 aromatic carbocycles. The molecule has 0 unspecified atom stereocenters. The molecular weight excluding hydrogens is 134 g/mol. The molecular formula is C10H21N. The van der Waals surface area contributed by atoms with E-state index in [0.717, 1.165) is 11.8 Å². The summed E-state index contributed by atoms with van der Waals surface area (Å²) in [6, 6.07) is 0. The normalized spacial score (nSPS) is 21.3. The fourth-order valence-electron chi connectivity index (χ4n) is 2.01. The molecule has 1 fully saturated rings. The molecule has 0 radical (unpaired) electrons. The van der Waals surface area contributed by atoms with Crippen LogP contribution in [0.5, 0.6) is 0 Å². The minimum absolute atomic E-state index is 1.01. The Hall–Kier alpha value is -0.0400. The third-order valence-electron chi connectivity index (χ3n) is 3.11. The largest absolute Gasteiger partial charge is 0.320 e. The molecule has 1 nitrogen and oxygen atoms in total. The average Bonchev–Trinajstić information content (AvgIpc) is 1.93. The second-order valence-corrected chi connectivity index (χ2v) is 3.75. The first-order valence-corrected chi connectivity index (χ1v) is 5.03. The molecule has 1 aliphatic carbocycles. The lowest BCUT2D eigenvalue weighted by Gasteiger charge is -2.33. The third-order valence-corrected chi connectivity index (χ3v) is 3.11. The smallest absolute Gasteiger partial charge is 0.00492 e. The highest BCUT2D eigenvalue weighted by molar-refractivity contribution is 4.77. The van der Waals surface area contributed by atoms with Crippen molar-refractivity contribution in [3.8, 4) is 0 Å². The predicted molar refractivity (Wildman–Crippen MR) is 49.7 cm³/mol. The fraction of sp³-hybridized carbons (Fsp3) is 1.00. The van der Waals surface area contributed by atoms with Crippen molar-refractivity contribution in [2.24, 2.45) is 11.8 Å². The molecule has 0 heterocycles. The van der Waals surface area contributed by atoms with Crippen LogP contribution in [0.1, 0.15) is 39.0 Å². The molecule has 11 heavy (non-hydrogen) atoms. The van der Waals surface area contributed by atoms with Gasteiger partial charge in [0.1, 0.15) is 0 Å². The summed E-state index contributed by atoms with van der Waals surface area (Å²) in [6.45, 7) is 3.54. The van der Waals surface area contributed by atoms with Crippen LogP contribution in [0.25, 0.3) is 0 Å². The zero-order valence-electron chi connectivity index (χ0n) is 7.90. The van der Waals surface area contributed by atoms with Crippen molar-refractivity contribution >= 4 is 0 Å². The van der Waals surface area contributed by atoms with Crippen LogP contribution in [0.4, 0.5) is 0 Å². The van der Waals surface area contributed by atoms with Crippen LogP contribution in [-0.4, -0.2) is 13.6 Å². The van der Waals surface area contributed by atoms with Crippen molar-refractivity contribution in [2.75, 3.05) is 13.6 Å². The first kappa shape index (κ1) is 9.05. The second kappa shape index (κ2) is 4.76. The molecule has 1 aliphatic rings. The van der Waals surface area contributed by atoms with E-state index >= 15 is 0 Å². The molecule has 1 heteroatoms. The van der Waals surface area contributed by atoms with E-state index < -0.39 is 0 Å². The van der Waals surface area contributed by atoms with E-state index in [0.29, 0.717) is 0 Å². The first-order chi connectivity index (χ1) is 5.38. The van der Waals surface area contributed by atoms with Gasteiger partial charge in [0.15, 0.2) is 0 Å². The van der Waals surface area contributed by atoms with Crippen molar-refractivity contribution in [2.45, 2.75) is 39.0 Å². The van der Waals surface area contributed by atoms with Crippen LogP contribution < -0.4 is 5.32 Å². The first-order valence-electron chi connectivity index (χ1n) is 5.03. The zero-order chi connectivity index (χ0) is 8.10. The minimum Gasteiger partial charge on any atom is -0.320 e. The number of hydrogen-bond donors (Lipinski definition) is 1. The van der Waals surface area contributed by atoms with Crippen LogP contribution in [0.2, 0.25) is 0 Å². The van der Waals surface area contributed by atoms with E-state index in [2.05, 4.69) is 12.2 Å². The van der Waals surface area contributed by atoms with E-state index in [1.54, 1.807) is 0 Å². The molecule has 0 bridgehead atoms. The van der Waals surface area contributed by atoms with Crippen molar-refractivity contribution in [1.82, 2.24) is 5.32 Å². The maximum absolute atomic E-state index is 3.24. The highest BCUT2D eigenvalue weighted by Gasteiger charge is 2.24. The number of nitrogens with one attached hydrogen (secondary N) is 1. The van der Waals surface area contributed by atoms with Gasteiger partial charge in [0, 0.05) is 0 Å². The Bertz CT molecular complexity index is 97.0. The van der Waals surface area contributed by atoms with E-state index in [9.17, 15) is 0 Å². The maximum atomic E-state index is 3.24. The van der Waals surface area contributed by atoms with Gasteiger partial charge in [0.2, 0.25) is 0 Å². The van der Waals surface area contributed by atoms with Crippen LogP contribution in [-0.2, 0) is 0 Å². The van der Waals surface area contributed by atoms with Gasteiger partial charge in [-0.2, -0.15) is 0 Å². The van der Waals surface area contributed by atoms with Gasteiger partial charge in [-0.25, -0.2) is 0 Å². The summed E-state index contributed by atoms with van der Waals surface area (Å²) in [4.78, 5) is 0. The standard InChI is InChI=1S/C10H21N/c1-3-9(7-8-11-2)10-5-4-6-10/h9-11H,3-8H2,1-2H3/t9-/m0/s1. The second-order valence-electron chi connectivity index (χ2n) is 3.75. The molecule has 1 saturated carbocycles. The Balaban J connectivity index is 2.13. The van der Waals surface area contributed by atoms with Crippen molar-refractivity contribution in [3.05, 3.63) is 0 Å². The highest BCUT2D eigenvalue weighted by atomic mass is 14.8. The molecule has 0 aliphatic heterocycles. The van der Waals surface area contributed by atoms with Crippen LogP contribution >= 0.6 is 0 Å². The molecule has 1 atom stereocenters. The summed E-state index contributed by atoms with van der Waals surface area (Å²) in [5.41, 5.74) is 0. The van der Waals surface area contributed by atoms with Gasteiger partial charge in [-0.1, -0.05) is 32.6 Å². The van der Waals surface area contributed by atoms with Gasteiger partial charge in [0.05, 0.1) is 0 Å². The lowest BCUT2D eigenvalue weighted by molar-refractivity contribution is 0.190. The quantitative estimate of drug-likeness (QED) is 0.643. The SMILES string of the molecule is CC[C@@H](CCNC)C1CCC1. The minimum atomic E-state index is 1.01. The summed E-state index contributed by atoms with van der Waals surface area (Å²) >= 11 is 0. The van der Waals surface area contributed by atoms with E-state index in [-0.39, 0.29) is 0 Å². The molecule has 66 valence electrons. The van der Waals surface area contributed by atoms with Crippen LogP contribution in [0.15, 0.2) is 0 Å². The van der Waals surface area contributed by atoms with Crippen molar-refractivity contribution < 1.29 is 0 Å². The summed E-state index contributed by atoms with van der Waals surface area (Å²) in [5, 5.41) is 3.24. The van der Waals surface area contributed by atoms with Crippen molar-refractivity contribution in [3.63, 3.8) is 0 Å². The van der Waals surface area contributed by atoms with Gasteiger partial charge >= 0.3 is 0 Å². The molecule has 0 aromatic rings. The molecule has 1 rings (SSSR count). The topological polar surface area (TPSA) is 12.0 Å². The van der Waals surface area contributed by atoms with Crippen LogP contribution in [0, 0.1) is 11.8 Å². The summed E-state index contributed by atoms with van der Waals surface area (Å²) in [5.74, 6) is 2.09. The lowest BCUT2D eigenvalue weighted by atomic mass is 9.73.